The Hall–Kier alpha value is -3.75. The van der Waals surface area contributed by atoms with Crippen molar-refractivity contribution in [2.24, 2.45) is 11.8 Å². The van der Waals surface area contributed by atoms with Crippen molar-refractivity contribution in [3.8, 4) is 5.75 Å². The number of carbonyl (C=O) groups is 2. The van der Waals surface area contributed by atoms with Crippen LogP contribution in [0.4, 0.5) is 18.9 Å². The number of rotatable bonds is 10. The minimum absolute atomic E-state index is 0.0302. The van der Waals surface area contributed by atoms with Crippen molar-refractivity contribution < 1.29 is 32.2 Å². The van der Waals surface area contributed by atoms with E-state index in [0.29, 0.717) is 23.7 Å². The Morgan fingerprint density at radius 3 is 2.23 bits per heavy atom. The van der Waals surface area contributed by atoms with Crippen LogP contribution in [0, 0.1) is 11.8 Å². The van der Waals surface area contributed by atoms with E-state index in [0.717, 1.165) is 49.9 Å². The molecule has 2 aromatic carbocycles. The van der Waals surface area contributed by atoms with E-state index in [4.69, 9.17) is 0 Å². The van der Waals surface area contributed by atoms with Crippen LogP contribution in [-0.4, -0.2) is 42.3 Å². The Bertz CT molecular complexity index is 1420. The highest BCUT2D eigenvalue weighted by Gasteiger charge is 2.48. The van der Waals surface area contributed by atoms with Gasteiger partial charge in [-0.1, -0.05) is 57.0 Å². The van der Waals surface area contributed by atoms with Gasteiger partial charge in [-0.2, -0.15) is 0 Å². The Morgan fingerprint density at radius 1 is 1.02 bits per heavy atom. The lowest BCUT2D eigenvalue weighted by molar-refractivity contribution is -0.274. The molecule has 6 nitrogen and oxygen atoms in total. The fourth-order valence-corrected chi connectivity index (χ4v) is 6.82. The number of allylic oxidation sites excluding steroid dienone is 3. The Balaban J connectivity index is 0.000000584. The molecule has 1 fully saturated rings. The number of nitrogens with zero attached hydrogens (tertiary/aromatic N) is 2. The van der Waals surface area contributed by atoms with Crippen LogP contribution in [0.1, 0.15) is 109 Å². The average molecular weight is 657 g/mol. The van der Waals surface area contributed by atoms with Crippen molar-refractivity contribution in [2.75, 3.05) is 18.1 Å². The van der Waals surface area contributed by atoms with Crippen LogP contribution in [0.2, 0.25) is 0 Å². The molecular weight excluding hydrogens is 605 g/mol. The summed E-state index contributed by atoms with van der Waals surface area (Å²) in [5.41, 5.74) is 5.89. The normalized spacial score (nSPS) is 20.2. The number of carbonyl (C=O) groups excluding carboxylic acids is 2. The number of ether oxygens (including phenoxy) is 2. The van der Waals surface area contributed by atoms with E-state index in [1.165, 1.54) is 35.5 Å². The van der Waals surface area contributed by atoms with Crippen LogP contribution in [0.3, 0.4) is 0 Å². The van der Waals surface area contributed by atoms with Gasteiger partial charge >= 0.3 is 12.3 Å². The van der Waals surface area contributed by atoms with E-state index in [2.05, 4.69) is 55.1 Å². The molecule has 1 heterocycles. The van der Waals surface area contributed by atoms with Gasteiger partial charge in [0.15, 0.2) is 0 Å². The molecule has 0 bridgehead atoms. The van der Waals surface area contributed by atoms with Crippen molar-refractivity contribution in [3.05, 3.63) is 82.6 Å². The quantitative estimate of drug-likeness (QED) is 0.188. The van der Waals surface area contributed by atoms with Gasteiger partial charge in [0, 0.05) is 41.0 Å². The maximum atomic E-state index is 13.9. The molecule has 2 aromatic rings. The van der Waals surface area contributed by atoms with Gasteiger partial charge in [-0.15, -0.1) is 13.2 Å². The van der Waals surface area contributed by atoms with Crippen molar-refractivity contribution in [1.29, 1.82) is 0 Å². The smallest absolute Gasteiger partial charge is 0.463 e. The SMILES string of the molecule is C/C=C(\C)C(=O)OCC.CC/C(C)=C(/C(C)CC)N(CC)C1c2ccccc2N(C(=O)c2ccc(OC(F)(F)F)cc2)C2CCCC12. The molecule has 47 heavy (non-hydrogen) atoms. The number of alkyl halides is 3. The van der Waals surface area contributed by atoms with E-state index in [1.54, 1.807) is 19.9 Å². The first-order chi connectivity index (χ1) is 22.3. The molecule has 1 amide bonds. The van der Waals surface area contributed by atoms with Gasteiger partial charge in [0.05, 0.1) is 12.6 Å². The number of hydrogen-bond donors (Lipinski definition) is 0. The van der Waals surface area contributed by atoms with Gasteiger partial charge < -0.3 is 19.3 Å². The monoisotopic (exact) mass is 656 g/mol. The molecule has 258 valence electrons. The summed E-state index contributed by atoms with van der Waals surface area (Å²) in [4.78, 5) is 29.1. The average Bonchev–Trinajstić information content (AvgIpc) is 3.54. The van der Waals surface area contributed by atoms with Crippen LogP contribution in [0.15, 0.2) is 71.5 Å². The van der Waals surface area contributed by atoms with E-state index in [-0.39, 0.29) is 35.6 Å². The number of benzene rings is 2. The number of halogens is 3. The van der Waals surface area contributed by atoms with Crippen LogP contribution in [0.5, 0.6) is 5.75 Å². The lowest BCUT2D eigenvalue weighted by Crippen LogP contribution is -2.51. The first-order valence-corrected chi connectivity index (χ1v) is 16.9. The standard InChI is InChI=1S/C31H39F3N2O2.C7H12O2/c1-6-20(4)28(21(5)7-2)35(8-3)29-24-12-9-10-14-26(24)36(27-15-11-13-25(27)29)30(37)22-16-18-23(19-17-22)38-31(32,33)34;1-4-6(3)7(8)9-5-2/h9-10,12,14,16-20,25,27,29H,6-8,11,13,15H2,1-5H3;4H,5H2,1-3H3/b28-21-;6-4+. The predicted octanol–water partition coefficient (Wildman–Crippen LogP) is 10.0. The zero-order valence-electron chi connectivity index (χ0n) is 29.1. The third-order valence-corrected chi connectivity index (χ3v) is 9.40. The van der Waals surface area contributed by atoms with Crippen molar-refractivity contribution in [2.45, 2.75) is 106 Å². The van der Waals surface area contributed by atoms with Gasteiger partial charge in [-0.25, -0.2) is 4.79 Å². The Morgan fingerprint density at radius 2 is 1.68 bits per heavy atom. The first-order valence-electron chi connectivity index (χ1n) is 16.9. The van der Waals surface area contributed by atoms with Gasteiger partial charge in [-0.3, -0.25) is 4.79 Å². The molecule has 0 radical (unpaired) electrons. The molecule has 2 aliphatic rings. The predicted molar refractivity (Wildman–Crippen MR) is 181 cm³/mol. The number of hydrogen-bond acceptors (Lipinski definition) is 5. The summed E-state index contributed by atoms with van der Waals surface area (Å²) in [7, 11) is 0. The number of amides is 1. The third kappa shape index (κ3) is 8.99. The molecule has 9 heteroatoms. The van der Waals surface area contributed by atoms with Crippen LogP contribution in [0.25, 0.3) is 0 Å². The highest BCUT2D eigenvalue weighted by atomic mass is 19.4. The van der Waals surface area contributed by atoms with E-state index in [9.17, 15) is 22.8 Å². The largest absolute Gasteiger partial charge is 0.573 e. The minimum Gasteiger partial charge on any atom is -0.463 e. The first kappa shape index (κ1) is 37.7. The highest BCUT2D eigenvalue weighted by molar-refractivity contribution is 6.07. The van der Waals surface area contributed by atoms with Gasteiger partial charge in [0.25, 0.3) is 5.91 Å². The molecule has 0 N–H and O–H groups in total. The molecule has 4 rings (SSSR count). The maximum absolute atomic E-state index is 13.9. The van der Waals surface area contributed by atoms with E-state index < -0.39 is 6.36 Å². The molecule has 0 aromatic heterocycles. The van der Waals surface area contributed by atoms with Gasteiger partial charge in [-0.05, 0) is 102 Å². The summed E-state index contributed by atoms with van der Waals surface area (Å²) >= 11 is 0. The van der Waals surface area contributed by atoms with E-state index >= 15 is 0 Å². The van der Waals surface area contributed by atoms with Crippen molar-refractivity contribution in [1.82, 2.24) is 4.90 Å². The number of esters is 1. The fourth-order valence-electron chi connectivity index (χ4n) is 6.82. The summed E-state index contributed by atoms with van der Waals surface area (Å²) in [5.74, 6) is -0.0395. The second kappa shape index (κ2) is 16.9. The summed E-state index contributed by atoms with van der Waals surface area (Å²) in [5, 5.41) is 0. The molecule has 4 unspecified atom stereocenters. The van der Waals surface area contributed by atoms with Crippen LogP contribution >= 0.6 is 0 Å². The second-order valence-corrected chi connectivity index (χ2v) is 12.2. The Labute approximate surface area is 278 Å². The van der Waals surface area contributed by atoms with Crippen LogP contribution < -0.4 is 9.64 Å². The number of para-hydroxylation sites is 1. The topological polar surface area (TPSA) is 59.1 Å². The van der Waals surface area contributed by atoms with E-state index in [1.807, 2.05) is 30.0 Å². The van der Waals surface area contributed by atoms with Crippen molar-refractivity contribution >= 4 is 17.6 Å². The summed E-state index contributed by atoms with van der Waals surface area (Å²) in [6.07, 6.45) is 1.99. The molecular formula is C38H51F3N2O4. The molecule has 0 saturated heterocycles. The lowest BCUT2D eigenvalue weighted by atomic mass is 9.80. The zero-order valence-corrected chi connectivity index (χ0v) is 29.1. The van der Waals surface area contributed by atoms with Gasteiger partial charge in [0.1, 0.15) is 5.75 Å². The number of anilines is 1. The maximum Gasteiger partial charge on any atom is 0.573 e. The third-order valence-electron chi connectivity index (χ3n) is 9.40. The summed E-state index contributed by atoms with van der Waals surface area (Å²) < 4.78 is 46.6. The zero-order chi connectivity index (χ0) is 34.9. The number of fused-ring (bicyclic) bond motifs is 2. The molecule has 1 aliphatic heterocycles. The van der Waals surface area contributed by atoms with Gasteiger partial charge in [0.2, 0.25) is 0 Å². The molecule has 4 atom stereocenters. The van der Waals surface area contributed by atoms with Crippen molar-refractivity contribution in [3.63, 3.8) is 0 Å². The molecule has 1 saturated carbocycles. The molecule has 0 spiro atoms. The highest BCUT2D eigenvalue weighted by Crippen LogP contribution is 2.52. The minimum atomic E-state index is -4.77. The lowest BCUT2D eigenvalue weighted by Gasteiger charge is -2.49. The Kier molecular flexibility index (Phi) is 13.5. The molecule has 1 aliphatic carbocycles. The summed E-state index contributed by atoms with van der Waals surface area (Å²) in [6.45, 7) is 17.9. The van der Waals surface area contributed by atoms with Crippen LogP contribution in [-0.2, 0) is 9.53 Å². The fraction of sp³-hybridized carbons (Fsp3) is 0.526. The summed E-state index contributed by atoms with van der Waals surface area (Å²) in [6, 6.07) is 13.6. The second-order valence-electron chi connectivity index (χ2n) is 12.2.